The number of carbonyl (C=O) groups excluding carboxylic acids is 3. The van der Waals surface area contributed by atoms with E-state index in [1.165, 1.54) is 4.90 Å². The van der Waals surface area contributed by atoms with Gasteiger partial charge in [-0.1, -0.05) is 32.9 Å². The van der Waals surface area contributed by atoms with Gasteiger partial charge in [-0.2, -0.15) is 5.10 Å². The fourth-order valence-electron chi connectivity index (χ4n) is 4.64. The van der Waals surface area contributed by atoms with Crippen LogP contribution in [0.15, 0.2) is 79.1 Å². The maximum absolute atomic E-state index is 13.0. The van der Waals surface area contributed by atoms with E-state index >= 15 is 0 Å². The first-order valence-corrected chi connectivity index (χ1v) is 14.2. The summed E-state index contributed by atoms with van der Waals surface area (Å²) in [5.74, 6) is 1.70. The number of benzene rings is 2. The average Bonchev–Trinajstić information content (AvgIpc) is 3.43. The zero-order chi connectivity index (χ0) is 31.3. The lowest BCUT2D eigenvalue weighted by atomic mass is 9.92. The molecular weight excluding hydrogens is 562 g/mol. The molecule has 0 saturated carbocycles. The molecule has 228 valence electrons. The molecular formula is C32H34N7O5-. The summed E-state index contributed by atoms with van der Waals surface area (Å²) in [5.41, 5.74) is 2.64. The molecule has 4 aromatic rings. The third-order valence-corrected chi connectivity index (χ3v) is 7.14. The molecule has 12 nitrogen and oxygen atoms in total. The van der Waals surface area contributed by atoms with Gasteiger partial charge in [0.1, 0.15) is 23.4 Å². The first-order chi connectivity index (χ1) is 21.0. The number of rotatable bonds is 7. The van der Waals surface area contributed by atoms with Crippen LogP contribution in [-0.2, 0) is 16.6 Å². The van der Waals surface area contributed by atoms with Crippen molar-refractivity contribution >= 4 is 29.5 Å². The summed E-state index contributed by atoms with van der Waals surface area (Å²) in [6.07, 6.45) is 2.27. The Labute approximate surface area is 255 Å². The van der Waals surface area contributed by atoms with Crippen molar-refractivity contribution in [2.75, 3.05) is 36.8 Å². The van der Waals surface area contributed by atoms with Crippen LogP contribution in [0.1, 0.15) is 32.0 Å². The predicted molar refractivity (Wildman–Crippen MR) is 163 cm³/mol. The monoisotopic (exact) mass is 596 g/mol. The smallest absolute Gasteiger partial charge is 0.324 e. The molecule has 0 spiro atoms. The van der Waals surface area contributed by atoms with Gasteiger partial charge >= 0.3 is 6.03 Å². The molecule has 2 N–H and O–H groups in total. The minimum atomic E-state index is -1.21. The Kier molecular flexibility index (Phi) is 8.79. The Bertz CT molecular complexity index is 1610. The summed E-state index contributed by atoms with van der Waals surface area (Å²) in [7, 11) is 0. The van der Waals surface area contributed by atoms with Crippen molar-refractivity contribution in [1.29, 1.82) is 0 Å². The molecule has 4 amide bonds. The maximum Gasteiger partial charge on any atom is 0.324 e. The summed E-state index contributed by atoms with van der Waals surface area (Å²) in [6.45, 7) is 7.31. The van der Waals surface area contributed by atoms with E-state index in [-0.39, 0.29) is 30.8 Å². The van der Waals surface area contributed by atoms with E-state index in [0.29, 0.717) is 41.8 Å². The van der Waals surface area contributed by atoms with Crippen molar-refractivity contribution in [2.45, 2.75) is 32.6 Å². The second-order valence-electron chi connectivity index (χ2n) is 11.4. The number of aromatic nitrogens is 3. The number of hydrogen-bond donors (Lipinski definition) is 2. The second kappa shape index (κ2) is 12.9. The molecule has 44 heavy (non-hydrogen) atoms. The molecule has 0 unspecified atom stereocenters. The Hall–Kier alpha value is -5.39. The number of ether oxygens (including phenoxy) is 1. The molecule has 3 heterocycles. The van der Waals surface area contributed by atoms with E-state index in [2.05, 4.69) is 15.6 Å². The summed E-state index contributed by atoms with van der Waals surface area (Å²) in [5, 5.41) is 21.5. The van der Waals surface area contributed by atoms with Crippen molar-refractivity contribution < 1.29 is 24.2 Å². The van der Waals surface area contributed by atoms with Gasteiger partial charge < -0.3 is 29.8 Å². The Morgan fingerprint density at radius 3 is 2.07 bits per heavy atom. The first kappa shape index (κ1) is 30.1. The minimum absolute atomic E-state index is 0.0687. The van der Waals surface area contributed by atoms with Crippen LogP contribution < -0.4 is 20.5 Å². The standard InChI is InChI=1S/C32H35N7O5/c1-32(2,3)27-21-28(35-30(41)34-23-6-10-25(11-7-23)44-26-12-14-33-15-13-26)39(36-27)24-8-4-22(5-9-24)20-29(40)37-16-18-38(19-17-37)31(42)43/h4-15,21H,16-20H2,1-3H3,(H,42,43)(H2,34,35,41)/p-1. The lowest BCUT2D eigenvalue weighted by molar-refractivity contribution is -0.266. The highest BCUT2D eigenvalue weighted by Gasteiger charge is 2.23. The zero-order valence-electron chi connectivity index (χ0n) is 24.8. The third-order valence-electron chi connectivity index (χ3n) is 7.14. The van der Waals surface area contributed by atoms with Crippen molar-refractivity contribution in [3.63, 3.8) is 0 Å². The van der Waals surface area contributed by atoms with Gasteiger partial charge in [-0.3, -0.25) is 15.1 Å². The van der Waals surface area contributed by atoms with Crippen molar-refractivity contribution in [3.8, 4) is 17.2 Å². The third kappa shape index (κ3) is 7.51. The molecule has 5 rings (SSSR count). The fourth-order valence-corrected chi connectivity index (χ4v) is 4.64. The number of carboxylic acid groups (broad SMARTS) is 1. The SMILES string of the molecule is CC(C)(C)c1cc(NC(=O)Nc2ccc(Oc3ccncc3)cc2)n(-c2ccc(CC(=O)N3CCN(C(=O)[O-])CC3)cc2)n1. The number of piperazine rings is 1. The molecule has 1 fully saturated rings. The van der Waals surface area contributed by atoms with Crippen molar-refractivity contribution in [1.82, 2.24) is 24.6 Å². The van der Waals surface area contributed by atoms with E-state index in [1.807, 2.05) is 51.1 Å². The van der Waals surface area contributed by atoms with Gasteiger partial charge in [0.15, 0.2) is 0 Å². The maximum atomic E-state index is 13.0. The molecule has 0 atom stereocenters. The molecule has 0 bridgehead atoms. The van der Waals surface area contributed by atoms with Crippen LogP contribution in [-0.4, -0.2) is 68.8 Å². The number of nitrogens with one attached hydrogen (secondary N) is 2. The van der Waals surface area contributed by atoms with Crippen molar-refractivity contribution in [3.05, 3.63) is 90.4 Å². The van der Waals surface area contributed by atoms with E-state index < -0.39 is 12.1 Å². The molecule has 0 radical (unpaired) electrons. The molecule has 2 aromatic carbocycles. The predicted octanol–water partition coefficient (Wildman–Crippen LogP) is 4.03. The summed E-state index contributed by atoms with van der Waals surface area (Å²) < 4.78 is 7.44. The van der Waals surface area contributed by atoms with E-state index in [0.717, 1.165) is 11.3 Å². The molecule has 2 aromatic heterocycles. The lowest BCUT2D eigenvalue weighted by Crippen LogP contribution is -2.54. The van der Waals surface area contributed by atoms with E-state index in [1.54, 1.807) is 58.4 Å². The fraction of sp³-hybridized carbons (Fsp3) is 0.281. The normalized spacial score (nSPS) is 13.3. The van der Waals surface area contributed by atoms with Crippen LogP contribution in [0.25, 0.3) is 5.69 Å². The largest absolute Gasteiger partial charge is 0.530 e. The number of nitrogens with zero attached hydrogens (tertiary/aromatic N) is 5. The van der Waals surface area contributed by atoms with E-state index in [4.69, 9.17) is 9.84 Å². The number of hydrogen-bond acceptors (Lipinski definition) is 7. The zero-order valence-corrected chi connectivity index (χ0v) is 24.8. The Balaban J connectivity index is 1.24. The quantitative estimate of drug-likeness (QED) is 0.328. The second-order valence-corrected chi connectivity index (χ2v) is 11.4. The Morgan fingerprint density at radius 1 is 0.841 bits per heavy atom. The lowest BCUT2D eigenvalue weighted by Gasteiger charge is -2.36. The number of anilines is 2. The highest BCUT2D eigenvalue weighted by atomic mass is 16.5. The topological polar surface area (TPSA) is 145 Å². The Morgan fingerprint density at radius 2 is 1.45 bits per heavy atom. The van der Waals surface area contributed by atoms with Crippen LogP contribution in [0.2, 0.25) is 0 Å². The van der Waals surface area contributed by atoms with Gasteiger partial charge in [0.2, 0.25) is 5.91 Å². The highest BCUT2D eigenvalue weighted by molar-refractivity contribution is 5.99. The first-order valence-electron chi connectivity index (χ1n) is 14.2. The average molecular weight is 597 g/mol. The summed E-state index contributed by atoms with van der Waals surface area (Å²) in [6, 6.07) is 19.3. The number of pyridine rings is 1. The van der Waals surface area contributed by atoms with Crippen LogP contribution in [0.5, 0.6) is 11.5 Å². The van der Waals surface area contributed by atoms with Gasteiger partial charge in [0, 0.05) is 55.7 Å². The molecule has 1 saturated heterocycles. The number of urea groups is 1. The van der Waals surface area contributed by atoms with Gasteiger partial charge in [0.25, 0.3) is 0 Å². The number of amides is 4. The van der Waals surface area contributed by atoms with Crippen LogP contribution >= 0.6 is 0 Å². The number of carbonyl (C=O) groups is 3. The van der Waals surface area contributed by atoms with Gasteiger partial charge in [-0.25, -0.2) is 9.48 Å². The minimum Gasteiger partial charge on any atom is -0.530 e. The van der Waals surface area contributed by atoms with Gasteiger partial charge in [-0.05, 0) is 54.1 Å². The van der Waals surface area contributed by atoms with Gasteiger partial charge in [-0.15, -0.1) is 0 Å². The van der Waals surface area contributed by atoms with E-state index in [9.17, 15) is 19.5 Å². The summed E-state index contributed by atoms with van der Waals surface area (Å²) >= 11 is 0. The summed E-state index contributed by atoms with van der Waals surface area (Å²) in [4.78, 5) is 43.7. The van der Waals surface area contributed by atoms with Crippen molar-refractivity contribution in [2.24, 2.45) is 0 Å². The molecule has 1 aliphatic rings. The van der Waals surface area contributed by atoms with Crippen LogP contribution in [0.4, 0.5) is 21.1 Å². The highest BCUT2D eigenvalue weighted by Crippen LogP contribution is 2.27. The molecule has 1 aliphatic heterocycles. The molecule has 0 aliphatic carbocycles. The molecule has 12 heteroatoms. The van der Waals surface area contributed by atoms with Crippen LogP contribution in [0, 0.1) is 0 Å². The van der Waals surface area contributed by atoms with Gasteiger partial charge in [0.05, 0.1) is 17.8 Å². The van der Waals surface area contributed by atoms with Crippen LogP contribution in [0.3, 0.4) is 0 Å².